The smallest absolute Gasteiger partial charge is 0.276 e. The second-order valence-electron chi connectivity index (χ2n) is 5.16. The van der Waals surface area contributed by atoms with Crippen LogP contribution in [0.2, 0.25) is 0 Å². The van der Waals surface area contributed by atoms with Crippen molar-refractivity contribution in [2.45, 2.75) is 13.8 Å². The molecule has 1 fully saturated rings. The zero-order valence-corrected chi connectivity index (χ0v) is 12.1. The number of rotatable bonds is 4. The topological polar surface area (TPSA) is 49.6 Å². The van der Waals surface area contributed by atoms with Gasteiger partial charge < -0.3 is 9.80 Å². The van der Waals surface area contributed by atoms with Crippen LogP contribution in [-0.4, -0.2) is 42.5 Å². The predicted octanol–water partition coefficient (Wildman–Crippen LogP) is 2.77. The fourth-order valence-corrected chi connectivity index (χ4v) is 2.54. The van der Waals surface area contributed by atoms with Gasteiger partial charge in [0, 0.05) is 37.9 Å². The van der Waals surface area contributed by atoms with E-state index in [0.29, 0.717) is 5.56 Å². The van der Waals surface area contributed by atoms with Gasteiger partial charge in [0.2, 0.25) is 0 Å². The maximum absolute atomic E-state index is 11.0. The molecule has 5 heteroatoms. The lowest BCUT2D eigenvalue weighted by atomic mass is 10.1. The number of anilines is 1. The Bertz CT molecular complexity index is 520. The summed E-state index contributed by atoms with van der Waals surface area (Å²) in [6.07, 6.45) is 0. The van der Waals surface area contributed by atoms with Gasteiger partial charge in [0.05, 0.1) is 10.5 Å². The molecule has 0 unspecified atom stereocenters. The lowest BCUT2D eigenvalue weighted by Crippen LogP contribution is -2.46. The van der Waals surface area contributed by atoms with E-state index in [9.17, 15) is 10.1 Å². The Morgan fingerprint density at radius 3 is 2.50 bits per heavy atom. The molecule has 1 aliphatic heterocycles. The van der Waals surface area contributed by atoms with Crippen molar-refractivity contribution in [1.82, 2.24) is 4.90 Å². The minimum Gasteiger partial charge on any atom is -0.369 e. The Morgan fingerprint density at radius 1 is 1.35 bits per heavy atom. The maximum Gasteiger partial charge on any atom is 0.276 e. The number of likely N-dealkylation sites (N-methyl/N-ethyl adjacent to an activating group) is 1. The normalized spacial score (nSPS) is 16.2. The summed E-state index contributed by atoms with van der Waals surface area (Å²) in [7, 11) is 0. The quantitative estimate of drug-likeness (QED) is 0.626. The molecule has 0 amide bonds. The van der Waals surface area contributed by atoms with E-state index in [0.717, 1.165) is 44.0 Å². The number of allylic oxidation sites excluding steroid dienone is 1. The van der Waals surface area contributed by atoms with Gasteiger partial charge in [0.1, 0.15) is 0 Å². The monoisotopic (exact) mass is 275 g/mol. The van der Waals surface area contributed by atoms with Gasteiger partial charge in [-0.2, -0.15) is 0 Å². The van der Waals surface area contributed by atoms with Crippen LogP contribution in [0.4, 0.5) is 11.4 Å². The molecular weight excluding hydrogens is 254 g/mol. The van der Waals surface area contributed by atoms with Crippen LogP contribution in [-0.2, 0) is 0 Å². The van der Waals surface area contributed by atoms with Crippen LogP contribution in [0.25, 0.3) is 5.57 Å². The second-order valence-corrected chi connectivity index (χ2v) is 5.16. The SMILES string of the molecule is C=C(C)c1cc(N2CCN(CC)CC2)ccc1[N+](=O)[O-]. The van der Waals surface area contributed by atoms with Gasteiger partial charge >= 0.3 is 0 Å². The minimum atomic E-state index is -0.344. The summed E-state index contributed by atoms with van der Waals surface area (Å²) in [6.45, 7) is 12.9. The van der Waals surface area contributed by atoms with Gasteiger partial charge in [-0.3, -0.25) is 10.1 Å². The summed E-state index contributed by atoms with van der Waals surface area (Å²) in [4.78, 5) is 15.4. The van der Waals surface area contributed by atoms with E-state index in [4.69, 9.17) is 0 Å². The molecule has 0 aromatic heterocycles. The van der Waals surface area contributed by atoms with E-state index >= 15 is 0 Å². The van der Waals surface area contributed by atoms with Gasteiger partial charge in [0.15, 0.2) is 0 Å². The van der Waals surface area contributed by atoms with Gasteiger partial charge in [-0.15, -0.1) is 0 Å². The molecule has 0 N–H and O–H groups in total. The third-order valence-electron chi connectivity index (χ3n) is 3.82. The third kappa shape index (κ3) is 2.99. The summed E-state index contributed by atoms with van der Waals surface area (Å²) in [5.74, 6) is 0. The lowest BCUT2D eigenvalue weighted by Gasteiger charge is -2.35. The third-order valence-corrected chi connectivity index (χ3v) is 3.82. The summed E-state index contributed by atoms with van der Waals surface area (Å²) in [5.41, 5.74) is 2.54. The van der Waals surface area contributed by atoms with Gasteiger partial charge in [-0.1, -0.05) is 13.5 Å². The maximum atomic E-state index is 11.0. The molecule has 108 valence electrons. The number of piperazine rings is 1. The van der Waals surface area contributed by atoms with Crippen molar-refractivity contribution in [2.75, 3.05) is 37.6 Å². The number of benzene rings is 1. The zero-order chi connectivity index (χ0) is 14.7. The van der Waals surface area contributed by atoms with Crippen molar-refractivity contribution in [3.8, 4) is 0 Å². The highest BCUT2D eigenvalue weighted by Gasteiger charge is 2.19. The number of nitro groups is 1. The minimum absolute atomic E-state index is 0.133. The molecule has 1 saturated heterocycles. The van der Waals surface area contributed by atoms with Crippen LogP contribution >= 0.6 is 0 Å². The highest BCUT2D eigenvalue weighted by molar-refractivity contribution is 5.73. The van der Waals surface area contributed by atoms with Crippen molar-refractivity contribution in [3.63, 3.8) is 0 Å². The molecule has 1 aliphatic rings. The molecule has 0 bridgehead atoms. The Morgan fingerprint density at radius 2 is 2.00 bits per heavy atom. The molecule has 1 aromatic rings. The molecular formula is C15H21N3O2. The molecule has 0 aliphatic carbocycles. The molecule has 0 radical (unpaired) electrons. The average molecular weight is 275 g/mol. The Labute approximate surface area is 119 Å². The fourth-order valence-electron chi connectivity index (χ4n) is 2.54. The van der Waals surface area contributed by atoms with E-state index in [1.807, 2.05) is 12.1 Å². The summed E-state index contributed by atoms with van der Waals surface area (Å²) in [5, 5.41) is 11.0. The van der Waals surface area contributed by atoms with Gasteiger partial charge in [-0.05, 0) is 31.2 Å². The standard InChI is InChI=1S/C15H21N3O2/c1-4-16-7-9-17(10-8-16)13-5-6-15(18(19)20)14(11-13)12(2)3/h5-6,11H,2,4,7-10H2,1,3H3. The van der Waals surface area contributed by atoms with Crippen molar-refractivity contribution in [2.24, 2.45) is 0 Å². The van der Waals surface area contributed by atoms with Crippen LogP contribution < -0.4 is 4.90 Å². The second kappa shape index (κ2) is 6.05. The van der Waals surface area contributed by atoms with Crippen molar-refractivity contribution >= 4 is 16.9 Å². The molecule has 1 heterocycles. The molecule has 0 spiro atoms. The number of hydrogen-bond donors (Lipinski definition) is 0. The zero-order valence-electron chi connectivity index (χ0n) is 12.1. The van der Waals surface area contributed by atoms with Gasteiger partial charge in [0.25, 0.3) is 5.69 Å². The van der Waals surface area contributed by atoms with Crippen LogP contribution in [0.3, 0.4) is 0 Å². The molecule has 1 aromatic carbocycles. The first-order valence-corrected chi connectivity index (χ1v) is 6.94. The van der Waals surface area contributed by atoms with Crippen molar-refractivity contribution < 1.29 is 4.92 Å². The first kappa shape index (κ1) is 14.5. The summed E-state index contributed by atoms with van der Waals surface area (Å²) >= 11 is 0. The predicted molar refractivity (Wildman–Crippen MR) is 82.1 cm³/mol. The lowest BCUT2D eigenvalue weighted by molar-refractivity contribution is -0.385. The fraction of sp³-hybridized carbons (Fsp3) is 0.467. The van der Waals surface area contributed by atoms with Crippen LogP contribution in [0.1, 0.15) is 19.4 Å². The highest BCUT2D eigenvalue weighted by Crippen LogP contribution is 2.30. The highest BCUT2D eigenvalue weighted by atomic mass is 16.6. The van der Waals surface area contributed by atoms with E-state index in [1.54, 1.807) is 13.0 Å². The van der Waals surface area contributed by atoms with Crippen molar-refractivity contribution in [1.29, 1.82) is 0 Å². The van der Waals surface area contributed by atoms with Crippen LogP contribution in [0.5, 0.6) is 0 Å². The van der Waals surface area contributed by atoms with E-state index in [1.165, 1.54) is 0 Å². The first-order chi connectivity index (χ1) is 9.52. The summed E-state index contributed by atoms with van der Waals surface area (Å²) in [6, 6.07) is 5.32. The molecule has 0 atom stereocenters. The Kier molecular flexibility index (Phi) is 4.39. The van der Waals surface area contributed by atoms with E-state index < -0.39 is 0 Å². The average Bonchev–Trinajstić information content (AvgIpc) is 2.46. The van der Waals surface area contributed by atoms with Gasteiger partial charge in [-0.25, -0.2) is 0 Å². The number of nitro benzene ring substituents is 1. The molecule has 0 saturated carbocycles. The summed E-state index contributed by atoms with van der Waals surface area (Å²) < 4.78 is 0. The van der Waals surface area contributed by atoms with Crippen molar-refractivity contribution in [3.05, 3.63) is 40.5 Å². The number of nitrogens with zero attached hydrogens (tertiary/aromatic N) is 3. The van der Waals surface area contributed by atoms with E-state index in [-0.39, 0.29) is 10.6 Å². The molecule has 2 rings (SSSR count). The van der Waals surface area contributed by atoms with Crippen LogP contribution in [0, 0.1) is 10.1 Å². The first-order valence-electron chi connectivity index (χ1n) is 6.94. The largest absolute Gasteiger partial charge is 0.369 e. The Balaban J connectivity index is 2.24. The molecule has 5 nitrogen and oxygen atoms in total. The Hall–Kier alpha value is -1.88. The van der Waals surface area contributed by atoms with E-state index in [2.05, 4.69) is 23.3 Å². The van der Waals surface area contributed by atoms with Crippen LogP contribution in [0.15, 0.2) is 24.8 Å². The number of hydrogen-bond acceptors (Lipinski definition) is 4. The molecule has 20 heavy (non-hydrogen) atoms.